The van der Waals surface area contributed by atoms with Crippen LogP contribution < -0.4 is 11.1 Å². The Kier molecular flexibility index (Phi) is 5.54. The Balaban J connectivity index is 2.31. The average Bonchev–Trinajstić information content (AvgIpc) is 2.43. The summed E-state index contributed by atoms with van der Waals surface area (Å²) in [6.45, 7) is 3.96. The highest BCUT2D eigenvalue weighted by molar-refractivity contribution is 6.29. The normalized spacial score (nSPS) is 19.7. The van der Waals surface area contributed by atoms with Gasteiger partial charge in [0.2, 0.25) is 0 Å². The predicted molar refractivity (Wildman–Crippen MR) is 66.1 cm³/mol. The van der Waals surface area contributed by atoms with Gasteiger partial charge in [0.25, 0.3) is 0 Å². The molecule has 0 saturated heterocycles. The van der Waals surface area contributed by atoms with Crippen LogP contribution in [0.1, 0.15) is 38.5 Å². The van der Waals surface area contributed by atoms with Crippen LogP contribution in [0, 0.1) is 0 Å². The lowest BCUT2D eigenvalue weighted by molar-refractivity contribution is 0.530. The van der Waals surface area contributed by atoms with E-state index >= 15 is 0 Å². The highest BCUT2D eigenvalue weighted by atomic mass is 35.5. The molecule has 0 atom stereocenters. The molecule has 1 rings (SSSR count). The van der Waals surface area contributed by atoms with Crippen LogP contribution >= 0.6 is 11.6 Å². The molecule has 0 heterocycles. The van der Waals surface area contributed by atoms with E-state index in [1.165, 1.54) is 38.5 Å². The van der Waals surface area contributed by atoms with Crippen LogP contribution in [-0.4, -0.2) is 18.5 Å². The fourth-order valence-corrected chi connectivity index (χ4v) is 1.91. The van der Waals surface area contributed by atoms with E-state index in [-0.39, 0.29) is 0 Å². The second-order valence-electron chi connectivity index (χ2n) is 4.05. The monoisotopic (exact) mass is 229 g/mol. The van der Waals surface area contributed by atoms with Gasteiger partial charge in [0.05, 0.1) is 6.54 Å². The first-order chi connectivity index (χ1) is 7.18. The van der Waals surface area contributed by atoms with Crippen molar-refractivity contribution < 1.29 is 0 Å². The van der Waals surface area contributed by atoms with E-state index in [9.17, 15) is 0 Å². The SMILES string of the molecule is C=C(Cl)CN=C(N)NC1CCCCCC1. The van der Waals surface area contributed by atoms with E-state index in [1.807, 2.05) is 0 Å². The van der Waals surface area contributed by atoms with Crippen molar-refractivity contribution in [1.82, 2.24) is 5.32 Å². The van der Waals surface area contributed by atoms with Gasteiger partial charge < -0.3 is 11.1 Å². The third-order valence-corrected chi connectivity index (χ3v) is 2.75. The molecule has 15 heavy (non-hydrogen) atoms. The molecule has 0 aliphatic heterocycles. The summed E-state index contributed by atoms with van der Waals surface area (Å²) in [5, 5.41) is 3.76. The summed E-state index contributed by atoms with van der Waals surface area (Å²) in [7, 11) is 0. The Hall–Kier alpha value is -0.700. The average molecular weight is 230 g/mol. The largest absolute Gasteiger partial charge is 0.370 e. The van der Waals surface area contributed by atoms with Gasteiger partial charge in [-0.1, -0.05) is 43.9 Å². The fourth-order valence-electron chi connectivity index (χ4n) is 1.85. The van der Waals surface area contributed by atoms with E-state index in [1.54, 1.807) is 0 Å². The van der Waals surface area contributed by atoms with Crippen LogP contribution in [0.3, 0.4) is 0 Å². The smallest absolute Gasteiger partial charge is 0.189 e. The van der Waals surface area contributed by atoms with Gasteiger partial charge in [0, 0.05) is 11.1 Å². The molecular weight excluding hydrogens is 210 g/mol. The first-order valence-corrected chi connectivity index (χ1v) is 5.96. The molecule has 0 aromatic rings. The summed E-state index contributed by atoms with van der Waals surface area (Å²) in [5.41, 5.74) is 5.74. The molecule has 86 valence electrons. The minimum absolute atomic E-state index is 0.396. The van der Waals surface area contributed by atoms with E-state index in [2.05, 4.69) is 16.9 Å². The number of hydrogen-bond donors (Lipinski definition) is 2. The zero-order chi connectivity index (χ0) is 11.1. The van der Waals surface area contributed by atoms with Gasteiger partial charge in [0.1, 0.15) is 0 Å². The van der Waals surface area contributed by atoms with Crippen molar-refractivity contribution in [1.29, 1.82) is 0 Å². The molecule has 3 nitrogen and oxygen atoms in total. The highest BCUT2D eigenvalue weighted by Gasteiger charge is 2.11. The van der Waals surface area contributed by atoms with Crippen molar-refractivity contribution in [3.8, 4) is 0 Å². The third-order valence-electron chi connectivity index (χ3n) is 2.63. The van der Waals surface area contributed by atoms with Gasteiger partial charge in [-0.2, -0.15) is 0 Å². The first kappa shape index (κ1) is 12.4. The molecule has 1 fully saturated rings. The van der Waals surface area contributed by atoms with E-state index in [4.69, 9.17) is 17.3 Å². The Morgan fingerprint density at radius 3 is 2.47 bits per heavy atom. The number of nitrogens with zero attached hydrogens (tertiary/aromatic N) is 1. The molecule has 1 saturated carbocycles. The maximum Gasteiger partial charge on any atom is 0.189 e. The Morgan fingerprint density at radius 2 is 1.93 bits per heavy atom. The molecule has 0 aromatic heterocycles. The molecule has 0 amide bonds. The molecule has 0 bridgehead atoms. The number of aliphatic imine (C=N–C) groups is 1. The van der Waals surface area contributed by atoms with Gasteiger partial charge in [-0.3, -0.25) is 0 Å². The lowest BCUT2D eigenvalue weighted by Gasteiger charge is -2.16. The van der Waals surface area contributed by atoms with E-state index in [0.717, 1.165) is 0 Å². The molecule has 0 aromatic carbocycles. The van der Waals surface area contributed by atoms with Crippen molar-refractivity contribution in [2.45, 2.75) is 44.6 Å². The minimum Gasteiger partial charge on any atom is -0.370 e. The number of hydrogen-bond acceptors (Lipinski definition) is 1. The van der Waals surface area contributed by atoms with Gasteiger partial charge >= 0.3 is 0 Å². The van der Waals surface area contributed by atoms with Crippen molar-refractivity contribution in [3.05, 3.63) is 11.6 Å². The summed E-state index contributed by atoms with van der Waals surface area (Å²) < 4.78 is 0. The van der Waals surface area contributed by atoms with Crippen LogP contribution in [0.25, 0.3) is 0 Å². The molecule has 1 aliphatic carbocycles. The number of guanidine groups is 1. The number of rotatable bonds is 3. The summed E-state index contributed by atoms with van der Waals surface area (Å²) in [6.07, 6.45) is 7.64. The van der Waals surface area contributed by atoms with Crippen molar-refractivity contribution in [2.24, 2.45) is 10.7 Å². The molecule has 4 heteroatoms. The Morgan fingerprint density at radius 1 is 1.33 bits per heavy atom. The summed E-state index contributed by atoms with van der Waals surface area (Å²) in [4.78, 5) is 4.10. The van der Waals surface area contributed by atoms with E-state index in [0.29, 0.717) is 23.6 Å². The zero-order valence-corrected chi connectivity index (χ0v) is 9.89. The predicted octanol–water partition coefficient (Wildman–Crippen LogP) is 2.37. The van der Waals surface area contributed by atoms with Crippen molar-refractivity contribution in [3.63, 3.8) is 0 Å². The standard InChI is InChI=1S/C11H20ClN3/c1-9(12)8-14-11(13)15-10-6-4-2-3-5-7-10/h10H,1-8H2,(H3,13,14,15). The van der Waals surface area contributed by atoms with Crippen LogP contribution in [0.2, 0.25) is 0 Å². The van der Waals surface area contributed by atoms with Gasteiger partial charge in [-0.15, -0.1) is 0 Å². The second-order valence-corrected chi connectivity index (χ2v) is 4.59. The maximum absolute atomic E-state index is 5.74. The summed E-state index contributed by atoms with van der Waals surface area (Å²) >= 11 is 5.61. The molecule has 0 unspecified atom stereocenters. The van der Waals surface area contributed by atoms with Crippen LogP contribution in [0.4, 0.5) is 0 Å². The lowest BCUT2D eigenvalue weighted by atomic mass is 10.1. The Bertz CT molecular complexity index is 230. The van der Waals surface area contributed by atoms with Crippen LogP contribution in [-0.2, 0) is 0 Å². The molecule has 1 aliphatic rings. The van der Waals surface area contributed by atoms with Gasteiger partial charge in [0.15, 0.2) is 5.96 Å². The van der Waals surface area contributed by atoms with Crippen LogP contribution in [0.5, 0.6) is 0 Å². The highest BCUT2D eigenvalue weighted by Crippen LogP contribution is 2.16. The topological polar surface area (TPSA) is 50.4 Å². The molecule has 3 N–H and O–H groups in total. The quantitative estimate of drug-likeness (QED) is 0.444. The van der Waals surface area contributed by atoms with E-state index < -0.39 is 0 Å². The molecule has 0 spiro atoms. The zero-order valence-electron chi connectivity index (χ0n) is 9.14. The Labute approximate surface area is 96.8 Å². The molecular formula is C11H20ClN3. The second kappa shape index (κ2) is 6.72. The summed E-state index contributed by atoms with van der Waals surface area (Å²) in [5.74, 6) is 0.490. The lowest BCUT2D eigenvalue weighted by Crippen LogP contribution is -2.39. The van der Waals surface area contributed by atoms with Crippen LogP contribution in [0.15, 0.2) is 16.6 Å². The minimum atomic E-state index is 0.396. The number of nitrogens with one attached hydrogen (secondary N) is 1. The maximum atomic E-state index is 5.74. The van der Waals surface area contributed by atoms with Gasteiger partial charge in [-0.25, -0.2) is 4.99 Å². The fraction of sp³-hybridized carbons (Fsp3) is 0.727. The number of nitrogens with two attached hydrogens (primary N) is 1. The molecule has 0 radical (unpaired) electrons. The van der Waals surface area contributed by atoms with Crippen molar-refractivity contribution in [2.75, 3.05) is 6.54 Å². The number of halogens is 1. The third kappa shape index (κ3) is 5.67. The summed E-state index contributed by atoms with van der Waals surface area (Å²) in [6, 6.07) is 0.486. The first-order valence-electron chi connectivity index (χ1n) is 5.58. The van der Waals surface area contributed by atoms with Crippen molar-refractivity contribution >= 4 is 17.6 Å². The van der Waals surface area contributed by atoms with Gasteiger partial charge in [-0.05, 0) is 12.8 Å².